The van der Waals surface area contributed by atoms with Gasteiger partial charge in [-0.3, -0.25) is 4.79 Å². The molecule has 5 nitrogen and oxygen atoms in total. The van der Waals surface area contributed by atoms with Crippen molar-refractivity contribution in [1.82, 2.24) is 0 Å². The number of esters is 1. The zero-order chi connectivity index (χ0) is 20.9. The summed E-state index contributed by atoms with van der Waals surface area (Å²) in [6.07, 6.45) is 11.8. The van der Waals surface area contributed by atoms with Crippen LogP contribution in [-0.2, 0) is 23.7 Å². The zero-order valence-corrected chi connectivity index (χ0v) is 18.8. The molecule has 0 aromatic rings. The van der Waals surface area contributed by atoms with E-state index in [4.69, 9.17) is 18.9 Å². The van der Waals surface area contributed by atoms with Gasteiger partial charge >= 0.3 is 5.97 Å². The minimum absolute atomic E-state index is 0.102. The molecule has 1 saturated carbocycles. The first-order valence-electron chi connectivity index (χ1n) is 11.6. The largest absolute Gasteiger partial charge is 0.465 e. The van der Waals surface area contributed by atoms with E-state index in [9.17, 15) is 4.79 Å². The van der Waals surface area contributed by atoms with E-state index in [2.05, 4.69) is 26.8 Å². The van der Waals surface area contributed by atoms with Crippen molar-refractivity contribution in [1.29, 1.82) is 0 Å². The van der Waals surface area contributed by atoms with E-state index < -0.39 is 5.60 Å². The molecule has 0 radical (unpaired) electrons. The van der Waals surface area contributed by atoms with Crippen LogP contribution < -0.4 is 0 Å². The summed E-state index contributed by atoms with van der Waals surface area (Å²) >= 11 is 0. The first kappa shape index (κ1) is 22.6. The van der Waals surface area contributed by atoms with Gasteiger partial charge in [0, 0.05) is 26.1 Å². The molecule has 3 aliphatic rings. The van der Waals surface area contributed by atoms with Crippen molar-refractivity contribution in [3.63, 3.8) is 0 Å². The third kappa shape index (κ3) is 5.55. The normalized spacial score (nSPS) is 32.9. The number of carbonyl (C=O) groups is 1. The first-order chi connectivity index (χ1) is 13.9. The molecule has 2 aliphatic heterocycles. The van der Waals surface area contributed by atoms with E-state index in [0.29, 0.717) is 18.9 Å². The molecular formula is C24H40O5. The molecule has 5 heteroatoms. The number of carbonyl (C=O) groups excluding carboxylic acids is 1. The second-order valence-electron chi connectivity index (χ2n) is 9.98. The Morgan fingerprint density at radius 2 is 2.17 bits per heavy atom. The Hall–Kier alpha value is -1.07. The third-order valence-corrected chi connectivity index (χ3v) is 6.84. The van der Waals surface area contributed by atoms with Crippen molar-refractivity contribution >= 4 is 5.97 Å². The summed E-state index contributed by atoms with van der Waals surface area (Å²) in [5.41, 5.74) is -0.445. The molecule has 0 aromatic heterocycles. The molecule has 0 aromatic carbocycles. The minimum atomic E-state index is -0.637. The molecule has 4 unspecified atom stereocenters. The number of methoxy groups -OCH3 is 1. The number of hydrogen-bond donors (Lipinski definition) is 0. The van der Waals surface area contributed by atoms with Gasteiger partial charge in [0.25, 0.3) is 0 Å². The van der Waals surface area contributed by atoms with Gasteiger partial charge in [-0.25, -0.2) is 0 Å². The van der Waals surface area contributed by atoms with Crippen LogP contribution in [0.2, 0.25) is 0 Å². The van der Waals surface area contributed by atoms with Gasteiger partial charge in [-0.2, -0.15) is 0 Å². The molecule has 0 N–H and O–H groups in total. The molecule has 2 saturated heterocycles. The molecule has 0 bridgehead atoms. The summed E-state index contributed by atoms with van der Waals surface area (Å²) in [7, 11) is 1.74. The summed E-state index contributed by atoms with van der Waals surface area (Å²) in [6.45, 7) is 8.29. The lowest BCUT2D eigenvalue weighted by atomic mass is 9.82. The molecule has 29 heavy (non-hydrogen) atoms. The van der Waals surface area contributed by atoms with E-state index in [-0.39, 0.29) is 23.6 Å². The van der Waals surface area contributed by atoms with Crippen LogP contribution >= 0.6 is 0 Å². The molecule has 3 rings (SSSR count). The quantitative estimate of drug-likeness (QED) is 0.359. The van der Waals surface area contributed by atoms with Crippen molar-refractivity contribution in [2.24, 2.45) is 17.3 Å². The monoisotopic (exact) mass is 408 g/mol. The van der Waals surface area contributed by atoms with E-state index in [1.54, 1.807) is 7.11 Å². The maximum Gasteiger partial charge on any atom is 0.307 e. The summed E-state index contributed by atoms with van der Waals surface area (Å²) in [5.74, 6) is 1.30. The molecule has 4 atom stereocenters. The fraction of sp³-hybridized carbons (Fsp3) is 0.875. The zero-order valence-electron chi connectivity index (χ0n) is 18.8. The smallest absolute Gasteiger partial charge is 0.307 e. The molecule has 166 valence electrons. The topological polar surface area (TPSA) is 54.0 Å². The molecule has 0 spiro atoms. The van der Waals surface area contributed by atoms with Crippen LogP contribution in [0.15, 0.2) is 11.8 Å². The van der Waals surface area contributed by atoms with Gasteiger partial charge in [-0.1, -0.05) is 33.6 Å². The van der Waals surface area contributed by atoms with Crippen LogP contribution in [0.5, 0.6) is 0 Å². The predicted octanol–water partition coefficient (Wildman–Crippen LogP) is 5.38. The Balaban J connectivity index is 1.84. The molecular weight excluding hydrogens is 368 g/mol. The Morgan fingerprint density at radius 3 is 2.86 bits per heavy atom. The number of allylic oxidation sites excluding steroid dienone is 1. The lowest BCUT2D eigenvalue weighted by Gasteiger charge is -2.35. The van der Waals surface area contributed by atoms with Crippen LogP contribution in [0.3, 0.4) is 0 Å². The number of unbranched alkanes of at least 4 members (excludes halogenated alkanes) is 1. The van der Waals surface area contributed by atoms with Gasteiger partial charge in [0.05, 0.1) is 13.0 Å². The third-order valence-electron chi connectivity index (χ3n) is 6.84. The summed E-state index contributed by atoms with van der Waals surface area (Å²) in [5, 5.41) is 0. The van der Waals surface area contributed by atoms with Gasteiger partial charge < -0.3 is 18.9 Å². The number of rotatable bonds is 10. The summed E-state index contributed by atoms with van der Waals surface area (Å²) in [6, 6.07) is 0. The standard InChI is InChI=1S/C24H40O5/c1-5-6-11-23(2,3)12-10-20(28-22-9-7-8-13-27-22)24-16-18(17-26-4)14-19(24)15-21(25)29-24/h10,18-19,22H,5-9,11-17H2,1-4H3. The van der Waals surface area contributed by atoms with Crippen LogP contribution in [0.25, 0.3) is 0 Å². The second-order valence-corrected chi connectivity index (χ2v) is 9.98. The second kappa shape index (κ2) is 9.82. The van der Waals surface area contributed by atoms with Crippen molar-refractivity contribution in [2.75, 3.05) is 20.3 Å². The van der Waals surface area contributed by atoms with Crippen LogP contribution in [0.1, 0.15) is 85.0 Å². The number of hydrogen-bond acceptors (Lipinski definition) is 5. The molecule has 2 heterocycles. The average molecular weight is 409 g/mol. The van der Waals surface area contributed by atoms with Gasteiger partial charge in [0.1, 0.15) is 5.76 Å². The SMILES string of the molecule is CCCCC(C)(C)CC=C(OC1CCCCO1)C12CC(COC)CC1CC(=O)O2. The van der Waals surface area contributed by atoms with Crippen LogP contribution in [-0.4, -0.2) is 38.2 Å². The Labute approximate surface area is 176 Å². The maximum atomic E-state index is 12.3. The van der Waals surface area contributed by atoms with Gasteiger partial charge in [-0.15, -0.1) is 0 Å². The van der Waals surface area contributed by atoms with E-state index in [0.717, 1.165) is 50.9 Å². The summed E-state index contributed by atoms with van der Waals surface area (Å²) in [4.78, 5) is 12.3. The highest BCUT2D eigenvalue weighted by Crippen LogP contribution is 2.53. The lowest BCUT2D eigenvalue weighted by molar-refractivity contribution is -0.172. The van der Waals surface area contributed by atoms with Crippen molar-refractivity contribution in [2.45, 2.75) is 96.9 Å². The summed E-state index contributed by atoms with van der Waals surface area (Å²) < 4.78 is 23.8. The van der Waals surface area contributed by atoms with Crippen molar-refractivity contribution in [3.8, 4) is 0 Å². The number of ether oxygens (including phenoxy) is 4. The van der Waals surface area contributed by atoms with Gasteiger partial charge in [0.2, 0.25) is 0 Å². The highest BCUT2D eigenvalue weighted by molar-refractivity contribution is 5.74. The first-order valence-corrected chi connectivity index (χ1v) is 11.6. The Morgan fingerprint density at radius 1 is 1.34 bits per heavy atom. The van der Waals surface area contributed by atoms with E-state index in [1.165, 1.54) is 19.3 Å². The van der Waals surface area contributed by atoms with Crippen molar-refractivity contribution < 1.29 is 23.7 Å². The number of fused-ring (bicyclic) bond motifs is 1. The average Bonchev–Trinajstić information content (AvgIpc) is 3.17. The highest BCUT2D eigenvalue weighted by Gasteiger charge is 2.59. The molecule has 3 fully saturated rings. The van der Waals surface area contributed by atoms with E-state index >= 15 is 0 Å². The predicted molar refractivity (Wildman–Crippen MR) is 112 cm³/mol. The Kier molecular flexibility index (Phi) is 7.66. The fourth-order valence-corrected chi connectivity index (χ4v) is 5.20. The van der Waals surface area contributed by atoms with Gasteiger partial charge in [-0.05, 0) is 55.9 Å². The van der Waals surface area contributed by atoms with Crippen LogP contribution in [0.4, 0.5) is 0 Å². The maximum absolute atomic E-state index is 12.3. The Bertz CT molecular complexity index is 578. The molecule has 0 amide bonds. The molecule has 1 aliphatic carbocycles. The lowest BCUT2D eigenvalue weighted by Crippen LogP contribution is -2.38. The fourth-order valence-electron chi connectivity index (χ4n) is 5.20. The highest BCUT2D eigenvalue weighted by atomic mass is 16.7. The van der Waals surface area contributed by atoms with Crippen LogP contribution in [0, 0.1) is 17.3 Å². The van der Waals surface area contributed by atoms with E-state index in [1.807, 2.05) is 0 Å². The van der Waals surface area contributed by atoms with Crippen molar-refractivity contribution in [3.05, 3.63) is 11.8 Å². The van der Waals surface area contributed by atoms with Gasteiger partial charge in [0.15, 0.2) is 11.9 Å². The minimum Gasteiger partial charge on any atom is -0.465 e.